The van der Waals surface area contributed by atoms with Crippen molar-refractivity contribution >= 4 is 10.8 Å². The fourth-order valence-electron chi connectivity index (χ4n) is 2.17. The van der Waals surface area contributed by atoms with Gasteiger partial charge in [0.05, 0.1) is 11.9 Å². The van der Waals surface area contributed by atoms with E-state index in [1.165, 1.54) is 18.3 Å². The van der Waals surface area contributed by atoms with Crippen molar-refractivity contribution in [2.75, 3.05) is 0 Å². The fraction of sp³-hybridized carbons (Fsp3) is 0.0625. The molecule has 0 amide bonds. The van der Waals surface area contributed by atoms with Gasteiger partial charge in [-0.1, -0.05) is 36.4 Å². The second-order valence-electron chi connectivity index (χ2n) is 4.44. The molecule has 0 fully saturated rings. The van der Waals surface area contributed by atoms with Gasteiger partial charge < -0.3 is 5.11 Å². The van der Waals surface area contributed by atoms with E-state index in [0.29, 0.717) is 6.42 Å². The van der Waals surface area contributed by atoms with Gasteiger partial charge >= 0.3 is 0 Å². The third-order valence-corrected chi connectivity index (χ3v) is 3.14. The molecule has 0 aliphatic heterocycles. The minimum absolute atomic E-state index is 0.179. The molecule has 2 nitrogen and oxygen atoms in total. The Balaban J connectivity index is 2.06. The van der Waals surface area contributed by atoms with Crippen molar-refractivity contribution in [3.8, 4) is 5.75 Å². The van der Waals surface area contributed by atoms with Crippen molar-refractivity contribution in [3.05, 3.63) is 71.8 Å². The lowest BCUT2D eigenvalue weighted by molar-refractivity contribution is 0.479. The summed E-state index contributed by atoms with van der Waals surface area (Å²) in [5.74, 6) is -0.0641. The predicted molar refractivity (Wildman–Crippen MR) is 72.6 cm³/mol. The number of fused-ring (bicyclic) bond motifs is 1. The van der Waals surface area contributed by atoms with Crippen molar-refractivity contribution in [2.45, 2.75) is 6.42 Å². The third-order valence-electron chi connectivity index (χ3n) is 3.14. The summed E-state index contributed by atoms with van der Waals surface area (Å²) in [4.78, 5) is 4.28. The van der Waals surface area contributed by atoms with Crippen LogP contribution in [0, 0.1) is 5.82 Å². The van der Waals surface area contributed by atoms with Gasteiger partial charge in [0.15, 0.2) is 0 Å². The molecule has 0 saturated heterocycles. The molecule has 1 N–H and O–H groups in total. The van der Waals surface area contributed by atoms with Crippen LogP contribution < -0.4 is 0 Å². The summed E-state index contributed by atoms with van der Waals surface area (Å²) >= 11 is 0. The molecule has 0 atom stereocenters. The lowest BCUT2D eigenvalue weighted by atomic mass is 10.0. The molecule has 19 heavy (non-hydrogen) atoms. The van der Waals surface area contributed by atoms with Crippen molar-refractivity contribution in [3.63, 3.8) is 0 Å². The average Bonchev–Trinajstić information content (AvgIpc) is 2.45. The molecule has 1 heterocycles. The van der Waals surface area contributed by atoms with E-state index >= 15 is 0 Å². The summed E-state index contributed by atoms with van der Waals surface area (Å²) in [5.41, 5.74) is 1.87. The number of aromatic nitrogens is 1. The number of hydrogen-bond donors (Lipinski definition) is 1. The van der Waals surface area contributed by atoms with Crippen LogP contribution in [0.5, 0.6) is 5.75 Å². The molecule has 0 radical (unpaired) electrons. The topological polar surface area (TPSA) is 33.1 Å². The Morgan fingerprint density at radius 1 is 0.947 bits per heavy atom. The zero-order valence-electron chi connectivity index (χ0n) is 10.2. The standard InChI is InChI=1S/C16H12FNO/c17-12-7-5-11(6-8-12)9-15-13-3-1-2-4-14(13)16(19)10-18-15/h1-8,10,19H,9H2. The van der Waals surface area contributed by atoms with Gasteiger partial charge in [-0.25, -0.2) is 4.39 Å². The van der Waals surface area contributed by atoms with Gasteiger partial charge in [-0.2, -0.15) is 0 Å². The molecular formula is C16H12FNO. The van der Waals surface area contributed by atoms with E-state index in [-0.39, 0.29) is 11.6 Å². The SMILES string of the molecule is Oc1cnc(Cc2ccc(F)cc2)c2ccccc12. The van der Waals surface area contributed by atoms with E-state index in [2.05, 4.69) is 4.98 Å². The van der Waals surface area contributed by atoms with Crippen LogP contribution in [0.25, 0.3) is 10.8 Å². The van der Waals surface area contributed by atoms with Crippen LogP contribution >= 0.6 is 0 Å². The maximum absolute atomic E-state index is 12.9. The highest BCUT2D eigenvalue weighted by Crippen LogP contribution is 2.26. The predicted octanol–water partition coefficient (Wildman–Crippen LogP) is 3.67. The maximum Gasteiger partial charge on any atom is 0.141 e. The van der Waals surface area contributed by atoms with Crippen LogP contribution in [0.2, 0.25) is 0 Å². The van der Waals surface area contributed by atoms with E-state index in [4.69, 9.17) is 0 Å². The monoisotopic (exact) mass is 253 g/mol. The highest BCUT2D eigenvalue weighted by atomic mass is 19.1. The Morgan fingerprint density at radius 2 is 1.63 bits per heavy atom. The van der Waals surface area contributed by atoms with Gasteiger partial charge in [-0.3, -0.25) is 4.98 Å². The fourth-order valence-corrected chi connectivity index (χ4v) is 2.17. The van der Waals surface area contributed by atoms with E-state index in [9.17, 15) is 9.50 Å². The number of pyridine rings is 1. The highest BCUT2D eigenvalue weighted by Gasteiger charge is 2.07. The van der Waals surface area contributed by atoms with Crippen molar-refractivity contribution in [1.29, 1.82) is 0 Å². The normalized spacial score (nSPS) is 10.8. The Morgan fingerprint density at radius 3 is 2.37 bits per heavy atom. The van der Waals surface area contributed by atoms with Gasteiger partial charge in [0.2, 0.25) is 0 Å². The van der Waals surface area contributed by atoms with Crippen molar-refractivity contribution in [2.24, 2.45) is 0 Å². The summed E-state index contributed by atoms with van der Waals surface area (Å²) in [7, 11) is 0. The number of rotatable bonds is 2. The Kier molecular flexibility index (Phi) is 2.88. The second kappa shape index (κ2) is 4.69. The van der Waals surface area contributed by atoms with Crippen LogP contribution in [-0.2, 0) is 6.42 Å². The van der Waals surface area contributed by atoms with Crippen LogP contribution in [-0.4, -0.2) is 10.1 Å². The maximum atomic E-state index is 12.9. The first-order valence-corrected chi connectivity index (χ1v) is 6.04. The molecule has 3 rings (SSSR count). The van der Waals surface area contributed by atoms with Gasteiger partial charge in [-0.05, 0) is 17.7 Å². The number of hydrogen-bond acceptors (Lipinski definition) is 2. The first-order chi connectivity index (χ1) is 9.24. The minimum atomic E-state index is -0.243. The molecule has 0 bridgehead atoms. The van der Waals surface area contributed by atoms with Crippen LogP contribution in [0.4, 0.5) is 4.39 Å². The number of halogens is 1. The Hall–Kier alpha value is -2.42. The number of benzene rings is 2. The van der Waals surface area contributed by atoms with Crippen molar-refractivity contribution < 1.29 is 9.50 Å². The summed E-state index contributed by atoms with van der Waals surface area (Å²) < 4.78 is 12.9. The highest BCUT2D eigenvalue weighted by molar-refractivity contribution is 5.89. The Bertz CT molecular complexity index is 722. The van der Waals surface area contributed by atoms with Gasteiger partial charge in [0.25, 0.3) is 0 Å². The van der Waals surface area contributed by atoms with Gasteiger partial charge in [-0.15, -0.1) is 0 Å². The molecule has 0 unspecified atom stereocenters. The van der Waals surface area contributed by atoms with Crippen LogP contribution in [0.15, 0.2) is 54.7 Å². The summed E-state index contributed by atoms with van der Waals surface area (Å²) in [6.45, 7) is 0. The minimum Gasteiger partial charge on any atom is -0.506 e. The molecule has 0 saturated carbocycles. The Labute approximate surface area is 110 Å². The van der Waals surface area contributed by atoms with E-state index in [0.717, 1.165) is 22.0 Å². The van der Waals surface area contributed by atoms with E-state index in [1.54, 1.807) is 12.1 Å². The number of nitrogens with zero attached hydrogens (tertiary/aromatic N) is 1. The largest absolute Gasteiger partial charge is 0.506 e. The molecule has 0 spiro atoms. The molecule has 3 heteroatoms. The quantitative estimate of drug-likeness (QED) is 0.756. The molecule has 0 aliphatic rings. The van der Waals surface area contributed by atoms with Crippen LogP contribution in [0.1, 0.15) is 11.3 Å². The summed E-state index contributed by atoms with van der Waals surface area (Å²) in [6, 6.07) is 14.0. The van der Waals surface area contributed by atoms with E-state index < -0.39 is 0 Å². The molecular weight excluding hydrogens is 241 g/mol. The molecule has 1 aromatic heterocycles. The van der Waals surface area contributed by atoms with Gasteiger partial charge in [0, 0.05) is 17.2 Å². The third kappa shape index (κ3) is 2.27. The zero-order chi connectivity index (χ0) is 13.2. The number of aromatic hydroxyl groups is 1. The zero-order valence-corrected chi connectivity index (χ0v) is 10.2. The second-order valence-corrected chi connectivity index (χ2v) is 4.44. The van der Waals surface area contributed by atoms with E-state index in [1.807, 2.05) is 24.3 Å². The lowest BCUT2D eigenvalue weighted by Crippen LogP contribution is -1.94. The average molecular weight is 253 g/mol. The molecule has 3 aromatic rings. The summed E-state index contributed by atoms with van der Waals surface area (Å²) in [5, 5.41) is 11.5. The molecule has 94 valence electrons. The first-order valence-electron chi connectivity index (χ1n) is 6.04. The van der Waals surface area contributed by atoms with Gasteiger partial charge in [0.1, 0.15) is 11.6 Å². The molecule has 0 aliphatic carbocycles. The summed E-state index contributed by atoms with van der Waals surface area (Å²) in [6.07, 6.45) is 2.07. The first kappa shape index (κ1) is 11.7. The molecule has 2 aromatic carbocycles. The van der Waals surface area contributed by atoms with Crippen LogP contribution in [0.3, 0.4) is 0 Å². The van der Waals surface area contributed by atoms with Crippen molar-refractivity contribution in [1.82, 2.24) is 4.98 Å². The lowest BCUT2D eigenvalue weighted by Gasteiger charge is -2.07. The smallest absolute Gasteiger partial charge is 0.141 e.